The van der Waals surface area contributed by atoms with Gasteiger partial charge in [0, 0.05) is 0 Å². The summed E-state index contributed by atoms with van der Waals surface area (Å²) < 4.78 is 38.4. The third-order valence-electron chi connectivity index (χ3n) is 2.37. The molecule has 0 spiro atoms. The van der Waals surface area contributed by atoms with Gasteiger partial charge in [-0.2, -0.15) is 0 Å². The summed E-state index contributed by atoms with van der Waals surface area (Å²) >= 11 is 0. The molecule has 16 heavy (non-hydrogen) atoms. The SMILES string of the molecule is C=C(CC)CC(O)c1cc(F)c(F)c(F)c1. The van der Waals surface area contributed by atoms with Crippen LogP contribution in [0.25, 0.3) is 0 Å². The fraction of sp³-hybridized carbons (Fsp3) is 0.333. The fourth-order valence-electron chi connectivity index (χ4n) is 1.30. The molecular weight excluding hydrogens is 217 g/mol. The van der Waals surface area contributed by atoms with Gasteiger partial charge in [0.05, 0.1) is 6.10 Å². The van der Waals surface area contributed by atoms with Crippen molar-refractivity contribution in [2.24, 2.45) is 0 Å². The lowest BCUT2D eigenvalue weighted by Crippen LogP contribution is -2.02. The van der Waals surface area contributed by atoms with Crippen LogP contribution in [-0.4, -0.2) is 5.11 Å². The van der Waals surface area contributed by atoms with E-state index in [1.807, 2.05) is 6.92 Å². The zero-order valence-corrected chi connectivity index (χ0v) is 8.93. The molecule has 0 fully saturated rings. The smallest absolute Gasteiger partial charge is 0.194 e. The van der Waals surface area contributed by atoms with E-state index in [9.17, 15) is 18.3 Å². The van der Waals surface area contributed by atoms with Gasteiger partial charge in [0.2, 0.25) is 0 Å². The lowest BCUT2D eigenvalue weighted by atomic mass is 10.0. The number of benzene rings is 1. The van der Waals surface area contributed by atoms with E-state index < -0.39 is 23.6 Å². The Morgan fingerprint density at radius 3 is 2.25 bits per heavy atom. The molecule has 0 bridgehead atoms. The van der Waals surface area contributed by atoms with Crippen LogP contribution in [0.5, 0.6) is 0 Å². The average Bonchev–Trinajstić information content (AvgIpc) is 2.24. The topological polar surface area (TPSA) is 20.2 Å². The summed E-state index contributed by atoms with van der Waals surface area (Å²) in [5, 5.41) is 9.65. The van der Waals surface area contributed by atoms with Crippen molar-refractivity contribution in [3.05, 3.63) is 47.3 Å². The number of hydrogen-bond acceptors (Lipinski definition) is 1. The molecule has 0 aliphatic carbocycles. The molecule has 88 valence electrons. The molecule has 1 N–H and O–H groups in total. The van der Waals surface area contributed by atoms with Gasteiger partial charge >= 0.3 is 0 Å². The Labute approximate surface area is 92.2 Å². The first-order chi connectivity index (χ1) is 7.45. The zero-order valence-electron chi connectivity index (χ0n) is 8.93. The van der Waals surface area contributed by atoms with Crippen molar-refractivity contribution in [1.29, 1.82) is 0 Å². The number of aliphatic hydroxyl groups excluding tert-OH is 1. The molecule has 0 saturated heterocycles. The first kappa shape index (κ1) is 12.8. The molecule has 0 aliphatic rings. The molecule has 0 radical (unpaired) electrons. The molecule has 0 amide bonds. The first-order valence-corrected chi connectivity index (χ1v) is 4.94. The minimum Gasteiger partial charge on any atom is -0.388 e. The number of halogens is 3. The molecule has 1 atom stereocenters. The maximum atomic E-state index is 12.9. The number of rotatable bonds is 4. The summed E-state index contributed by atoms with van der Waals surface area (Å²) in [4.78, 5) is 0. The van der Waals surface area contributed by atoms with Crippen LogP contribution in [0.15, 0.2) is 24.3 Å². The Bertz CT molecular complexity index is 378. The van der Waals surface area contributed by atoms with Crippen LogP contribution in [0.1, 0.15) is 31.4 Å². The number of aliphatic hydroxyl groups is 1. The van der Waals surface area contributed by atoms with Crippen LogP contribution in [0.2, 0.25) is 0 Å². The van der Waals surface area contributed by atoms with E-state index in [2.05, 4.69) is 6.58 Å². The van der Waals surface area contributed by atoms with Crippen LogP contribution >= 0.6 is 0 Å². The van der Waals surface area contributed by atoms with Crippen LogP contribution < -0.4 is 0 Å². The molecule has 1 aromatic carbocycles. The highest BCUT2D eigenvalue weighted by atomic mass is 19.2. The summed E-state index contributed by atoms with van der Waals surface area (Å²) in [6.07, 6.45) is -0.179. The van der Waals surface area contributed by atoms with E-state index >= 15 is 0 Å². The summed E-state index contributed by atoms with van der Waals surface area (Å²) in [7, 11) is 0. The minimum absolute atomic E-state index is 0.0194. The van der Waals surface area contributed by atoms with Crippen molar-refractivity contribution in [2.75, 3.05) is 0 Å². The van der Waals surface area contributed by atoms with Gasteiger partial charge in [0.25, 0.3) is 0 Å². The molecule has 0 saturated carbocycles. The first-order valence-electron chi connectivity index (χ1n) is 4.94. The highest BCUT2D eigenvalue weighted by molar-refractivity contribution is 5.22. The van der Waals surface area contributed by atoms with Crippen molar-refractivity contribution in [3.63, 3.8) is 0 Å². The molecule has 4 heteroatoms. The molecule has 1 unspecified atom stereocenters. The Morgan fingerprint density at radius 2 is 1.81 bits per heavy atom. The second kappa shape index (κ2) is 5.16. The average molecular weight is 230 g/mol. The molecule has 0 heterocycles. The second-order valence-electron chi connectivity index (χ2n) is 3.62. The van der Waals surface area contributed by atoms with Crippen LogP contribution in [0.4, 0.5) is 13.2 Å². The van der Waals surface area contributed by atoms with Crippen molar-refractivity contribution in [3.8, 4) is 0 Å². The molecular formula is C12H13F3O. The van der Waals surface area contributed by atoms with Crippen molar-refractivity contribution >= 4 is 0 Å². The summed E-state index contributed by atoms with van der Waals surface area (Å²) in [5.41, 5.74) is 0.781. The van der Waals surface area contributed by atoms with E-state index in [-0.39, 0.29) is 12.0 Å². The van der Waals surface area contributed by atoms with E-state index in [4.69, 9.17) is 0 Å². The highest BCUT2D eigenvalue weighted by Crippen LogP contribution is 2.24. The third kappa shape index (κ3) is 2.85. The Balaban J connectivity index is 2.92. The van der Waals surface area contributed by atoms with Gasteiger partial charge in [-0.05, 0) is 30.5 Å². The molecule has 1 nitrogen and oxygen atoms in total. The summed E-state index contributed by atoms with van der Waals surface area (Å²) in [6, 6.07) is 1.60. The lowest BCUT2D eigenvalue weighted by Gasteiger charge is -2.12. The van der Waals surface area contributed by atoms with E-state index in [0.717, 1.165) is 17.7 Å². The quantitative estimate of drug-likeness (QED) is 0.620. The maximum Gasteiger partial charge on any atom is 0.194 e. The highest BCUT2D eigenvalue weighted by Gasteiger charge is 2.15. The maximum absolute atomic E-state index is 12.9. The molecule has 0 aliphatic heterocycles. The van der Waals surface area contributed by atoms with Gasteiger partial charge in [-0.25, -0.2) is 13.2 Å². The normalized spacial score (nSPS) is 12.6. The van der Waals surface area contributed by atoms with Crippen LogP contribution in [-0.2, 0) is 0 Å². The van der Waals surface area contributed by atoms with Crippen molar-refractivity contribution < 1.29 is 18.3 Å². The van der Waals surface area contributed by atoms with Crippen molar-refractivity contribution in [1.82, 2.24) is 0 Å². The second-order valence-corrected chi connectivity index (χ2v) is 3.62. The Morgan fingerprint density at radius 1 is 1.31 bits per heavy atom. The van der Waals surface area contributed by atoms with Crippen LogP contribution in [0.3, 0.4) is 0 Å². The third-order valence-corrected chi connectivity index (χ3v) is 2.37. The van der Waals surface area contributed by atoms with E-state index in [1.165, 1.54) is 0 Å². The van der Waals surface area contributed by atoms with Gasteiger partial charge in [-0.15, -0.1) is 0 Å². The molecule has 0 aromatic heterocycles. The fourth-order valence-corrected chi connectivity index (χ4v) is 1.30. The summed E-state index contributed by atoms with van der Waals surface area (Å²) in [6.45, 7) is 5.54. The Kier molecular flexibility index (Phi) is 4.12. The standard InChI is InChI=1S/C12H13F3O/c1-3-7(2)4-11(16)8-5-9(13)12(15)10(14)6-8/h5-6,11,16H,2-4H2,1H3. The predicted octanol–water partition coefficient (Wildman–Crippen LogP) is 3.49. The van der Waals surface area contributed by atoms with Gasteiger partial charge in [0.15, 0.2) is 17.5 Å². The van der Waals surface area contributed by atoms with Crippen LogP contribution in [0, 0.1) is 17.5 Å². The van der Waals surface area contributed by atoms with Crippen molar-refractivity contribution in [2.45, 2.75) is 25.9 Å². The molecule has 1 aromatic rings. The number of hydrogen-bond donors (Lipinski definition) is 1. The largest absolute Gasteiger partial charge is 0.388 e. The zero-order chi connectivity index (χ0) is 12.3. The molecule has 1 rings (SSSR count). The van der Waals surface area contributed by atoms with Gasteiger partial charge in [0.1, 0.15) is 0 Å². The minimum atomic E-state index is -1.52. The Hall–Kier alpha value is -1.29. The monoisotopic (exact) mass is 230 g/mol. The summed E-state index contributed by atoms with van der Waals surface area (Å²) in [5.74, 6) is -4.11. The predicted molar refractivity (Wildman–Crippen MR) is 55.3 cm³/mol. The van der Waals surface area contributed by atoms with Gasteiger partial charge < -0.3 is 5.11 Å². The van der Waals surface area contributed by atoms with Gasteiger partial charge in [-0.3, -0.25) is 0 Å². The van der Waals surface area contributed by atoms with Gasteiger partial charge in [-0.1, -0.05) is 19.1 Å². The van der Waals surface area contributed by atoms with E-state index in [0.29, 0.717) is 6.42 Å². The van der Waals surface area contributed by atoms with E-state index in [1.54, 1.807) is 0 Å². The lowest BCUT2D eigenvalue weighted by molar-refractivity contribution is 0.176.